The molecular formula is C14H16BrFN2O. The molecule has 102 valence electrons. The third-order valence-electron chi connectivity index (χ3n) is 3.75. The zero-order chi connectivity index (χ0) is 13.6. The predicted molar refractivity (Wildman–Crippen MR) is 75.8 cm³/mol. The summed E-state index contributed by atoms with van der Waals surface area (Å²) in [6.07, 6.45) is 3.17. The Balaban J connectivity index is 1.82. The van der Waals surface area contributed by atoms with Crippen LogP contribution in [-0.2, 0) is 4.79 Å². The molecule has 1 aliphatic carbocycles. The number of benzene rings is 1. The van der Waals surface area contributed by atoms with Crippen molar-refractivity contribution in [2.24, 2.45) is 0 Å². The second-order valence-electron chi connectivity index (χ2n) is 5.32. The number of carbonyl (C=O) groups is 1. The fourth-order valence-electron chi connectivity index (χ4n) is 2.53. The van der Waals surface area contributed by atoms with E-state index in [-0.39, 0.29) is 17.8 Å². The number of aryl methyl sites for hydroxylation is 1. The lowest BCUT2D eigenvalue weighted by atomic mass is 10.2. The van der Waals surface area contributed by atoms with Crippen molar-refractivity contribution in [2.75, 3.05) is 11.4 Å². The van der Waals surface area contributed by atoms with Gasteiger partial charge in [-0.25, -0.2) is 4.39 Å². The highest BCUT2D eigenvalue weighted by atomic mass is 79.9. The number of halogens is 2. The van der Waals surface area contributed by atoms with Gasteiger partial charge in [-0.3, -0.25) is 4.79 Å². The molecule has 1 heterocycles. The monoisotopic (exact) mass is 326 g/mol. The van der Waals surface area contributed by atoms with Gasteiger partial charge in [0.15, 0.2) is 0 Å². The molecule has 1 aliphatic heterocycles. The van der Waals surface area contributed by atoms with Gasteiger partial charge < -0.3 is 10.2 Å². The third-order valence-corrected chi connectivity index (χ3v) is 4.36. The van der Waals surface area contributed by atoms with E-state index in [2.05, 4.69) is 21.2 Å². The fourth-order valence-corrected chi connectivity index (χ4v) is 2.87. The number of hydrogen-bond acceptors (Lipinski definition) is 2. The molecule has 0 radical (unpaired) electrons. The summed E-state index contributed by atoms with van der Waals surface area (Å²) in [7, 11) is 0. The van der Waals surface area contributed by atoms with Gasteiger partial charge in [0.2, 0.25) is 5.91 Å². The Morgan fingerprint density at radius 2 is 2.11 bits per heavy atom. The van der Waals surface area contributed by atoms with Crippen LogP contribution in [0.1, 0.15) is 24.8 Å². The van der Waals surface area contributed by atoms with Gasteiger partial charge in [-0.2, -0.15) is 0 Å². The van der Waals surface area contributed by atoms with Crippen LogP contribution in [0.5, 0.6) is 0 Å². The summed E-state index contributed by atoms with van der Waals surface area (Å²) in [6.45, 7) is 2.53. The van der Waals surface area contributed by atoms with E-state index in [1.165, 1.54) is 18.9 Å². The van der Waals surface area contributed by atoms with Crippen LogP contribution in [0.2, 0.25) is 0 Å². The molecule has 2 aliphatic rings. The molecule has 1 amide bonds. The van der Waals surface area contributed by atoms with Crippen LogP contribution in [-0.4, -0.2) is 24.5 Å². The fraction of sp³-hybridized carbons (Fsp3) is 0.500. The largest absolute Gasteiger partial charge is 0.311 e. The Labute approximate surface area is 120 Å². The van der Waals surface area contributed by atoms with Crippen molar-refractivity contribution in [2.45, 2.75) is 38.3 Å². The van der Waals surface area contributed by atoms with E-state index in [4.69, 9.17) is 0 Å². The van der Waals surface area contributed by atoms with Crippen LogP contribution >= 0.6 is 15.9 Å². The molecule has 1 unspecified atom stereocenters. The van der Waals surface area contributed by atoms with Crippen molar-refractivity contribution in [3.05, 3.63) is 28.0 Å². The van der Waals surface area contributed by atoms with Gasteiger partial charge in [0.05, 0.1) is 10.5 Å². The molecule has 1 saturated heterocycles. The molecule has 1 aromatic carbocycles. The first kappa shape index (κ1) is 13.1. The third kappa shape index (κ3) is 2.54. The Kier molecular flexibility index (Phi) is 3.35. The highest BCUT2D eigenvalue weighted by Crippen LogP contribution is 2.31. The summed E-state index contributed by atoms with van der Waals surface area (Å²) >= 11 is 3.18. The molecular weight excluding hydrogens is 311 g/mol. The van der Waals surface area contributed by atoms with Crippen molar-refractivity contribution >= 4 is 27.5 Å². The van der Waals surface area contributed by atoms with E-state index in [0.29, 0.717) is 17.1 Å². The van der Waals surface area contributed by atoms with Gasteiger partial charge in [-0.15, -0.1) is 0 Å². The minimum atomic E-state index is -0.291. The lowest BCUT2D eigenvalue weighted by Crippen LogP contribution is -2.39. The molecule has 3 nitrogen and oxygen atoms in total. The van der Waals surface area contributed by atoms with Crippen LogP contribution in [0, 0.1) is 12.7 Å². The van der Waals surface area contributed by atoms with Gasteiger partial charge in [0.1, 0.15) is 5.82 Å². The number of rotatable bonds is 3. The van der Waals surface area contributed by atoms with E-state index in [9.17, 15) is 9.18 Å². The number of nitrogens with one attached hydrogen (secondary N) is 1. The molecule has 1 atom stereocenters. The van der Waals surface area contributed by atoms with Gasteiger partial charge >= 0.3 is 0 Å². The van der Waals surface area contributed by atoms with Crippen LogP contribution in [0.3, 0.4) is 0 Å². The zero-order valence-corrected chi connectivity index (χ0v) is 12.3. The average molecular weight is 327 g/mol. The van der Waals surface area contributed by atoms with Gasteiger partial charge in [-0.05, 0) is 59.8 Å². The van der Waals surface area contributed by atoms with Crippen molar-refractivity contribution in [3.8, 4) is 0 Å². The minimum absolute atomic E-state index is 0.0734. The molecule has 0 bridgehead atoms. The Bertz CT molecular complexity index is 530. The van der Waals surface area contributed by atoms with Gasteiger partial charge in [0, 0.05) is 18.3 Å². The number of anilines is 1. The molecule has 0 aromatic heterocycles. The van der Waals surface area contributed by atoms with E-state index >= 15 is 0 Å². The zero-order valence-electron chi connectivity index (χ0n) is 10.7. The van der Waals surface area contributed by atoms with Gasteiger partial charge in [0.25, 0.3) is 0 Å². The quantitative estimate of drug-likeness (QED) is 0.926. The minimum Gasteiger partial charge on any atom is -0.311 e. The molecule has 19 heavy (non-hydrogen) atoms. The first-order valence-electron chi connectivity index (χ1n) is 6.59. The molecule has 2 fully saturated rings. The van der Waals surface area contributed by atoms with Crippen molar-refractivity contribution in [3.63, 3.8) is 0 Å². The normalized spacial score (nSPS) is 23.2. The number of amides is 1. The molecule has 5 heteroatoms. The first-order valence-corrected chi connectivity index (χ1v) is 7.38. The first-order chi connectivity index (χ1) is 9.06. The maximum Gasteiger partial charge on any atom is 0.244 e. The van der Waals surface area contributed by atoms with Crippen LogP contribution in [0.15, 0.2) is 16.6 Å². The van der Waals surface area contributed by atoms with Crippen LogP contribution in [0.4, 0.5) is 10.1 Å². The highest BCUT2D eigenvalue weighted by Gasteiger charge is 2.36. The Hall–Kier alpha value is -0.940. The van der Waals surface area contributed by atoms with E-state index < -0.39 is 0 Å². The van der Waals surface area contributed by atoms with E-state index in [1.54, 1.807) is 11.0 Å². The van der Waals surface area contributed by atoms with Crippen LogP contribution in [0.25, 0.3) is 0 Å². The lowest BCUT2D eigenvalue weighted by molar-refractivity contribution is -0.118. The van der Waals surface area contributed by atoms with Gasteiger partial charge in [-0.1, -0.05) is 0 Å². The predicted octanol–water partition coefficient (Wildman–Crippen LogP) is 2.75. The smallest absolute Gasteiger partial charge is 0.244 e. The molecule has 1 saturated carbocycles. The average Bonchev–Trinajstić information content (AvgIpc) is 3.10. The van der Waals surface area contributed by atoms with Crippen LogP contribution < -0.4 is 10.2 Å². The molecule has 1 aromatic rings. The Morgan fingerprint density at radius 1 is 1.37 bits per heavy atom. The second-order valence-corrected chi connectivity index (χ2v) is 6.18. The SMILES string of the molecule is Cc1cc(F)c(Br)cc1N1CCC(NC2CC2)C1=O. The summed E-state index contributed by atoms with van der Waals surface area (Å²) in [4.78, 5) is 14.1. The maximum atomic E-state index is 13.4. The van der Waals surface area contributed by atoms with Crippen molar-refractivity contribution in [1.82, 2.24) is 5.32 Å². The summed E-state index contributed by atoms with van der Waals surface area (Å²) in [5, 5.41) is 3.37. The summed E-state index contributed by atoms with van der Waals surface area (Å²) in [5.41, 5.74) is 1.60. The van der Waals surface area contributed by atoms with Crippen molar-refractivity contribution < 1.29 is 9.18 Å². The summed E-state index contributed by atoms with van der Waals surface area (Å²) in [6, 6.07) is 3.61. The lowest BCUT2D eigenvalue weighted by Gasteiger charge is -2.20. The number of nitrogens with zero attached hydrogens (tertiary/aromatic N) is 1. The summed E-state index contributed by atoms with van der Waals surface area (Å²) < 4.78 is 13.8. The molecule has 1 N–H and O–H groups in total. The summed E-state index contributed by atoms with van der Waals surface area (Å²) in [5.74, 6) is -0.186. The van der Waals surface area contributed by atoms with Crippen molar-refractivity contribution in [1.29, 1.82) is 0 Å². The molecule has 3 rings (SSSR count). The standard InChI is InChI=1S/C14H16BrFN2O/c1-8-6-11(16)10(15)7-13(8)18-5-4-12(14(18)19)17-9-2-3-9/h6-7,9,12,17H,2-5H2,1H3. The highest BCUT2D eigenvalue weighted by molar-refractivity contribution is 9.10. The maximum absolute atomic E-state index is 13.4. The number of hydrogen-bond donors (Lipinski definition) is 1. The molecule has 0 spiro atoms. The van der Waals surface area contributed by atoms with E-state index in [1.807, 2.05) is 6.92 Å². The Morgan fingerprint density at radius 3 is 2.79 bits per heavy atom. The number of carbonyl (C=O) groups excluding carboxylic acids is 1. The van der Waals surface area contributed by atoms with E-state index in [0.717, 1.165) is 17.7 Å². The topological polar surface area (TPSA) is 32.3 Å². The second kappa shape index (κ2) is 4.87.